The predicted molar refractivity (Wildman–Crippen MR) is 129 cm³/mol. The van der Waals surface area contributed by atoms with Crippen molar-refractivity contribution in [3.8, 4) is 16.9 Å². The second kappa shape index (κ2) is 9.70. The van der Waals surface area contributed by atoms with E-state index >= 15 is 0 Å². The number of carbonyl (C=O) groups is 2. The Bertz CT molecular complexity index is 1270. The van der Waals surface area contributed by atoms with E-state index in [1.165, 1.54) is 0 Å². The molecule has 2 heterocycles. The summed E-state index contributed by atoms with van der Waals surface area (Å²) in [5, 5.41) is 11.5. The van der Waals surface area contributed by atoms with Crippen LogP contribution in [0.1, 0.15) is 22.5 Å². The van der Waals surface area contributed by atoms with E-state index in [-0.39, 0.29) is 23.4 Å². The molecule has 0 aliphatic carbocycles. The van der Waals surface area contributed by atoms with Crippen molar-refractivity contribution in [3.05, 3.63) is 102 Å². The number of nitrogens with one attached hydrogen (secondary N) is 1. The summed E-state index contributed by atoms with van der Waals surface area (Å²) in [4.78, 5) is 27.5. The third kappa shape index (κ3) is 4.59. The first-order valence-corrected chi connectivity index (χ1v) is 11.4. The highest BCUT2D eigenvalue weighted by Crippen LogP contribution is 2.25. The van der Waals surface area contributed by atoms with Crippen LogP contribution in [0, 0.1) is 5.92 Å². The van der Waals surface area contributed by atoms with Crippen LogP contribution < -0.4 is 5.32 Å². The van der Waals surface area contributed by atoms with Crippen LogP contribution in [0.5, 0.6) is 0 Å². The summed E-state index contributed by atoms with van der Waals surface area (Å²) in [7, 11) is 0. The van der Waals surface area contributed by atoms with Gasteiger partial charge in [-0.15, -0.1) is 5.10 Å². The summed E-state index contributed by atoms with van der Waals surface area (Å²) in [6.07, 6.45) is 0.426. The van der Waals surface area contributed by atoms with Crippen molar-refractivity contribution in [2.75, 3.05) is 13.1 Å². The van der Waals surface area contributed by atoms with Crippen LogP contribution in [0.15, 0.2) is 91.0 Å². The maximum Gasteiger partial charge on any atom is 0.274 e. The van der Waals surface area contributed by atoms with E-state index in [0.717, 1.165) is 16.8 Å². The number of para-hydroxylation sites is 1. The molecule has 1 aromatic heterocycles. The average Bonchev–Trinajstić information content (AvgIpc) is 3.48. The number of rotatable bonds is 7. The Hall–Kier alpha value is -4.26. The Morgan fingerprint density at radius 1 is 0.912 bits per heavy atom. The molecule has 1 aliphatic rings. The van der Waals surface area contributed by atoms with Crippen molar-refractivity contribution in [2.24, 2.45) is 5.92 Å². The Morgan fingerprint density at radius 3 is 2.26 bits per heavy atom. The molecule has 1 unspecified atom stereocenters. The SMILES string of the molecule is O=C(NCC1CC(=O)N(Cc2ccccc2)C1)c1nnn(-c2ccccc2)c1-c1ccccc1. The van der Waals surface area contributed by atoms with Crippen LogP contribution in [0.4, 0.5) is 0 Å². The zero-order chi connectivity index (χ0) is 23.3. The van der Waals surface area contributed by atoms with Gasteiger partial charge in [0.15, 0.2) is 5.69 Å². The molecule has 7 heteroatoms. The molecule has 0 radical (unpaired) electrons. The van der Waals surface area contributed by atoms with Crippen LogP contribution in [0.2, 0.25) is 0 Å². The van der Waals surface area contributed by atoms with Gasteiger partial charge in [-0.1, -0.05) is 84.1 Å². The van der Waals surface area contributed by atoms with Gasteiger partial charge in [0.05, 0.1) is 5.69 Å². The summed E-state index contributed by atoms with van der Waals surface area (Å²) in [6, 6.07) is 29.2. The van der Waals surface area contributed by atoms with Gasteiger partial charge in [0.25, 0.3) is 5.91 Å². The van der Waals surface area contributed by atoms with E-state index in [0.29, 0.717) is 31.7 Å². The van der Waals surface area contributed by atoms with Crippen molar-refractivity contribution >= 4 is 11.8 Å². The lowest BCUT2D eigenvalue weighted by Gasteiger charge is -2.17. The molecule has 3 aromatic carbocycles. The summed E-state index contributed by atoms with van der Waals surface area (Å²) in [5.74, 6) is -0.123. The topological polar surface area (TPSA) is 80.1 Å². The standard InChI is InChI=1S/C27H25N5O2/c33-24-16-21(19-31(24)18-20-10-4-1-5-11-20)17-28-27(34)25-26(22-12-6-2-7-13-22)32(30-29-25)23-14-8-3-9-15-23/h1-15,21H,16-19H2,(H,28,34). The van der Waals surface area contributed by atoms with Crippen molar-refractivity contribution in [1.29, 1.82) is 0 Å². The second-order valence-electron chi connectivity index (χ2n) is 8.44. The lowest BCUT2D eigenvalue weighted by molar-refractivity contribution is -0.128. The second-order valence-corrected chi connectivity index (χ2v) is 8.44. The monoisotopic (exact) mass is 451 g/mol. The number of amides is 2. The zero-order valence-corrected chi connectivity index (χ0v) is 18.7. The average molecular weight is 452 g/mol. The van der Waals surface area contributed by atoms with Crippen LogP contribution >= 0.6 is 0 Å². The molecular formula is C27H25N5O2. The first-order chi connectivity index (χ1) is 16.7. The lowest BCUT2D eigenvalue weighted by atomic mass is 10.1. The van der Waals surface area contributed by atoms with E-state index < -0.39 is 0 Å². The molecule has 1 N–H and O–H groups in total. The number of aromatic nitrogens is 3. The fourth-order valence-electron chi connectivity index (χ4n) is 4.31. The van der Waals surface area contributed by atoms with Gasteiger partial charge in [0, 0.05) is 37.5 Å². The molecule has 0 saturated carbocycles. The smallest absolute Gasteiger partial charge is 0.274 e. The Labute approximate surface area is 198 Å². The molecule has 170 valence electrons. The van der Waals surface area contributed by atoms with Crippen LogP contribution in [-0.2, 0) is 11.3 Å². The van der Waals surface area contributed by atoms with E-state index in [4.69, 9.17) is 0 Å². The zero-order valence-electron chi connectivity index (χ0n) is 18.7. The van der Waals surface area contributed by atoms with Gasteiger partial charge in [-0.25, -0.2) is 4.68 Å². The Morgan fingerprint density at radius 2 is 1.56 bits per heavy atom. The summed E-state index contributed by atoms with van der Waals surface area (Å²) in [5.41, 5.74) is 3.68. The summed E-state index contributed by atoms with van der Waals surface area (Å²) in [6.45, 7) is 1.62. The van der Waals surface area contributed by atoms with Gasteiger partial charge in [-0.3, -0.25) is 9.59 Å². The number of hydrogen-bond acceptors (Lipinski definition) is 4. The maximum absolute atomic E-state index is 13.2. The maximum atomic E-state index is 13.2. The minimum atomic E-state index is -0.296. The van der Waals surface area contributed by atoms with E-state index in [1.807, 2.05) is 95.9 Å². The molecule has 1 aliphatic heterocycles. The van der Waals surface area contributed by atoms with Gasteiger partial charge < -0.3 is 10.2 Å². The van der Waals surface area contributed by atoms with Crippen molar-refractivity contribution in [1.82, 2.24) is 25.2 Å². The molecule has 0 bridgehead atoms. The summed E-state index contributed by atoms with van der Waals surface area (Å²) >= 11 is 0. The minimum absolute atomic E-state index is 0.0597. The fourth-order valence-corrected chi connectivity index (χ4v) is 4.31. The molecule has 1 saturated heterocycles. The van der Waals surface area contributed by atoms with Gasteiger partial charge in [-0.05, 0) is 17.7 Å². The molecule has 5 rings (SSSR count). The van der Waals surface area contributed by atoms with E-state index in [2.05, 4.69) is 15.6 Å². The number of hydrogen-bond donors (Lipinski definition) is 1. The third-order valence-electron chi connectivity index (χ3n) is 6.00. The molecule has 1 atom stereocenters. The number of likely N-dealkylation sites (tertiary alicyclic amines) is 1. The molecule has 4 aromatic rings. The lowest BCUT2D eigenvalue weighted by Crippen LogP contribution is -2.31. The number of nitrogens with zero attached hydrogens (tertiary/aromatic N) is 4. The van der Waals surface area contributed by atoms with Crippen LogP contribution in [-0.4, -0.2) is 44.8 Å². The van der Waals surface area contributed by atoms with Crippen molar-refractivity contribution in [3.63, 3.8) is 0 Å². The van der Waals surface area contributed by atoms with Crippen LogP contribution in [0.3, 0.4) is 0 Å². The number of carbonyl (C=O) groups excluding carboxylic acids is 2. The highest BCUT2D eigenvalue weighted by atomic mass is 16.2. The van der Waals surface area contributed by atoms with Crippen LogP contribution in [0.25, 0.3) is 16.9 Å². The van der Waals surface area contributed by atoms with Crippen molar-refractivity contribution in [2.45, 2.75) is 13.0 Å². The van der Waals surface area contributed by atoms with Gasteiger partial charge in [0.1, 0.15) is 5.69 Å². The Balaban J connectivity index is 1.31. The number of benzene rings is 3. The molecule has 7 nitrogen and oxygen atoms in total. The van der Waals surface area contributed by atoms with Gasteiger partial charge in [-0.2, -0.15) is 0 Å². The molecule has 34 heavy (non-hydrogen) atoms. The predicted octanol–water partition coefficient (Wildman–Crippen LogP) is 3.71. The van der Waals surface area contributed by atoms with Crippen molar-refractivity contribution < 1.29 is 9.59 Å². The van der Waals surface area contributed by atoms with Gasteiger partial charge in [0.2, 0.25) is 5.91 Å². The molecular weight excluding hydrogens is 426 g/mol. The largest absolute Gasteiger partial charge is 0.350 e. The quantitative estimate of drug-likeness (QED) is 0.465. The summed E-state index contributed by atoms with van der Waals surface area (Å²) < 4.78 is 1.69. The molecule has 1 fully saturated rings. The molecule has 2 amide bonds. The normalized spacial score (nSPS) is 15.5. The van der Waals surface area contributed by atoms with Gasteiger partial charge >= 0.3 is 0 Å². The minimum Gasteiger partial charge on any atom is -0.350 e. The third-order valence-corrected chi connectivity index (χ3v) is 6.00. The fraction of sp³-hybridized carbons (Fsp3) is 0.185. The Kier molecular flexibility index (Phi) is 6.16. The van der Waals surface area contributed by atoms with E-state index in [9.17, 15) is 9.59 Å². The first kappa shape index (κ1) is 21.6. The molecule has 0 spiro atoms. The van der Waals surface area contributed by atoms with E-state index in [1.54, 1.807) is 4.68 Å². The first-order valence-electron chi connectivity index (χ1n) is 11.4. The highest BCUT2D eigenvalue weighted by molar-refractivity contribution is 5.98. The highest BCUT2D eigenvalue weighted by Gasteiger charge is 2.30.